The Morgan fingerprint density at radius 3 is 2.00 bits per heavy atom. The highest BCUT2D eigenvalue weighted by Gasteiger charge is 2.13. The van der Waals surface area contributed by atoms with Crippen LogP contribution in [0.5, 0.6) is 0 Å². The van der Waals surface area contributed by atoms with Crippen LogP contribution in [0.3, 0.4) is 0 Å². The quantitative estimate of drug-likeness (QED) is 0.297. The number of H-pyrrole nitrogens is 1. The van der Waals surface area contributed by atoms with Crippen LogP contribution in [0, 0.1) is 11.6 Å². The first-order chi connectivity index (χ1) is 12.7. The predicted molar refractivity (Wildman–Crippen MR) is 106 cm³/mol. The molecule has 26 heavy (non-hydrogen) atoms. The van der Waals surface area contributed by atoms with Crippen molar-refractivity contribution in [3.63, 3.8) is 0 Å². The highest BCUT2D eigenvalue weighted by atomic mass is 32.1. The lowest BCUT2D eigenvalue weighted by Gasteiger charge is -2.02. The van der Waals surface area contributed by atoms with Crippen LogP contribution in [-0.4, -0.2) is 4.98 Å². The maximum absolute atomic E-state index is 13.6. The molecule has 0 aliphatic heterocycles. The van der Waals surface area contributed by atoms with Gasteiger partial charge in [-0.25, -0.2) is 8.78 Å². The minimum Gasteiger partial charge on any atom is -0.354 e. The number of fused-ring (bicyclic) bond motifs is 9. The first-order valence-corrected chi connectivity index (χ1v) is 9.15. The molecular formula is C22H11F2NS. The van der Waals surface area contributed by atoms with E-state index in [-0.39, 0.29) is 11.6 Å². The van der Waals surface area contributed by atoms with Crippen LogP contribution in [0.25, 0.3) is 52.8 Å². The minimum atomic E-state index is -0.248. The number of rotatable bonds is 0. The number of aromatic nitrogens is 1. The summed E-state index contributed by atoms with van der Waals surface area (Å²) in [5, 5.41) is 6.54. The lowest BCUT2D eigenvalue weighted by molar-refractivity contribution is 0.629. The van der Waals surface area contributed by atoms with Crippen LogP contribution < -0.4 is 0 Å². The maximum Gasteiger partial charge on any atom is 0.125 e. The Balaban J connectivity index is 1.81. The topological polar surface area (TPSA) is 15.8 Å². The van der Waals surface area contributed by atoms with Gasteiger partial charge < -0.3 is 4.98 Å². The molecule has 4 aromatic carbocycles. The van der Waals surface area contributed by atoms with Crippen molar-refractivity contribution in [2.45, 2.75) is 0 Å². The van der Waals surface area contributed by atoms with E-state index in [1.807, 2.05) is 12.1 Å². The molecule has 0 spiro atoms. The third-order valence-electron chi connectivity index (χ3n) is 5.13. The van der Waals surface area contributed by atoms with Gasteiger partial charge in [0.05, 0.1) is 5.52 Å². The van der Waals surface area contributed by atoms with Crippen LogP contribution in [0.1, 0.15) is 0 Å². The van der Waals surface area contributed by atoms with Crippen molar-refractivity contribution in [1.29, 1.82) is 0 Å². The van der Waals surface area contributed by atoms with E-state index in [1.165, 1.54) is 18.2 Å². The second kappa shape index (κ2) is 4.80. The Hall–Kier alpha value is -2.98. The van der Waals surface area contributed by atoms with Crippen molar-refractivity contribution in [1.82, 2.24) is 4.98 Å². The summed E-state index contributed by atoms with van der Waals surface area (Å²) in [7, 11) is 0. The molecule has 2 aromatic heterocycles. The number of thiophene rings is 1. The number of halogens is 2. The first-order valence-electron chi connectivity index (χ1n) is 8.33. The SMILES string of the molecule is Fc1ccc2c(c1)[nH]c1c2ccc2c1ccc1c3ccc(F)cc3sc12. The third-order valence-corrected chi connectivity index (χ3v) is 6.33. The van der Waals surface area contributed by atoms with Crippen LogP contribution in [0.4, 0.5) is 8.78 Å². The molecule has 0 unspecified atom stereocenters. The van der Waals surface area contributed by atoms with Crippen LogP contribution in [-0.2, 0) is 0 Å². The predicted octanol–water partition coefficient (Wildman–Crippen LogP) is 7.12. The molecule has 1 nitrogen and oxygen atoms in total. The van der Waals surface area contributed by atoms with E-state index in [0.717, 1.165) is 52.8 Å². The Morgan fingerprint density at radius 1 is 0.615 bits per heavy atom. The Kier molecular flexibility index (Phi) is 2.62. The zero-order valence-corrected chi connectivity index (χ0v) is 14.3. The first kappa shape index (κ1) is 14.2. The fourth-order valence-electron chi connectivity index (χ4n) is 3.96. The highest BCUT2D eigenvalue weighted by molar-refractivity contribution is 7.26. The normalized spacial score (nSPS) is 12.2. The summed E-state index contributed by atoms with van der Waals surface area (Å²) in [6, 6.07) is 18.2. The minimum absolute atomic E-state index is 0.214. The molecule has 1 N–H and O–H groups in total. The summed E-state index contributed by atoms with van der Waals surface area (Å²) in [5.74, 6) is -0.462. The number of hydrogen-bond donors (Lipinski definition) is 1. The van der Waals surface area contributed by atoms with Crippen molar-refractivity contribution in [3.8, 4) is 0 Å². The van der Waals surface area contributed by atoms with Crippen molar-refractivity contribution in [2.24, 2.45) is 0 Å². The zero-order chi connectivity index (χ0) is 17.4. The fourth-order valence-corrected chi connectivity index (χ4v) is 5.22. The van der Waals surface area contributed by atoms with Gasteiger partial charge in [0.25, 0.3) is 0 Å². The molecule has 0 amide bonds. The zero-order valence-electron chi connectivity index (χ0n) is 13.4. The van der Waals surface area contributed by atoms with Gasteiger partial charge >= 0.3 is 0 Å². The van der Waals surface area contributed by atoms with Gasteiger partial charge in [-0.15, -0.1) is 11.3 Å². The van der Waals surface area contributed by atoms with Gasteiger partial charge in [0.1, 0.15) is 11.6 Å². The van der Waals surface area contributed by atoms with Crippen molar-refractivity contribution in [3.05, 3.63) is 72.3 Å². The van der Waals surface area contributed by atoms with Gasteiger partial charge in [-0.1, -0.05) is 30.3 Å². The average molecular weight is 359 g/mol. The number of nitrogens with one attached hydrogen (secondary N) is 1. The fraction of sp³-hybridized carbons (Fsp3) is 0. The van der Waals surface area contributed by atoms with E-state index < -0.39 is 0 Å². The molecule has 124 valence electrons. The van der Waals surface area contributed by atoms with Gasteiger partial charge in [0.15, 0.2) is 0 Å². The second-order valence-corrected chi connectivity index (χ2v) is 7.64. The van der Waals surface area contributed by atoms with Crippen LogP contribution in [0.2, 0.25) is 0 Å². The lowest BCUT2D eigenvalue weighted by atomic mass is 10.0. The summed E-state index contributed by atoms with van der Waals surface area (Å²) in [5.41, 5.74) is 1.81. The molecule has 0 bridgehead atoms. The van der Waals surface area contributed by atoms with E-state index in [2.05, 4.69) is 29.2 Å². The summed E-state index contributed by atoms with van der Waals surface area (Å²) in [6.45, 7) is 0. The largest absolute Gasteiger partial charge is 0.354 e. The summed E-state index contributed by atoms with van der Waals surface area (Å²) < 4.78 is 29.3. The molecule has 0 atom stereocenters. The lowest BCUT2D eigenvalue weighted by Crippen LogP contribution is -1.76. The van der Waals surface area contributed by atoms with Crippen molar-refractivity contribution < 1.29 is 8.78 Å². The molecule has 0 aliphatic carbocycles. The van der Waals surface area contributed by atoms with Crippen LogP contribution in [0.15, 0.2) is 60.7 Å². The van der Waals surface area contributed by atoms with Gasteiger partial charge in [0.2, 0.25) is 0 Å². The molecule has 0 aliphatic rings. The van der Waals surface area contributed by atoms with Gasteiger partial charge in [-0.2, -0.15) is 0 Å². The Labute approximate surface area is 150 Å². The maximum atomic E-state index is 13.6. The van der Waals surface area contributed by atoms with E-state index >= 15 is 0 Å². The molecule has 6 aromatic rings. The smallest absolute Gasteiger partial charge is 0.125 e. The van der Waals surface area contributed by atoms with Crippen molar-refractivity contribution in [2.75, 3.05) is 0 Å². The average Bonchev–Trinajstić information content (AvgIpc) is 3.18. The molecule has 4 heteroatoms. The second-order valence-electron chi connectivity index (χ2n) is 6.58. The number of benzene rings is 4. The van der Waals surface area contributed by atoms with E-state index in [0.29, 0.717) is 0 Å². The molecule has 0 saturated carbocycles. The summed E-state index contributed by atoms with van der Waals surface area (Å²) in [4.78, 5) is 3.37. The van der Waals surface area contributed by atoms with E-state index in [1.54, 1.807) is 17.4 Å². The Bertz CT molecular complexity index is 1390. The Morgan fingerprint density at radius 2 is 1.19 bits per heavy atom. The monoisotopic (exact) mass is 359 g/mol. The van der Waals surface area contributed by atoms with Crippen LogP contribution >= 0.6 is 11.3 Å². The number of aromatic amines is 1. The molecule has 0 saturated heterocycles. The highest BCUT2D eigenvalue weighted by Crippen LogP contribution is 2.41. The van der Waals surface area contributed by atoms with Crippen molar-refractivity contribution >= 4 is 64.1 Å². The standard InChI is InChI=1S/C22H11F2NS/c23-11-1-3-13-15-5-8-18-16(21(15)25-19(13)9-11)6-7-17-14-4-2-12(24)10-20(14)26-22(17)18/h1-10,25H. The van der Waals surface area contributed by atoms with E-state index in [9.17, 15) is 8.78 Å². The third kappa shape index (κ3) is 1.77. The molecule has 0 radical (unpaired) electrons. The summed E-state index contributed by atoms with van der Waals surface area (Å²) in [6.07, 6.45) is 0. The molecule has 6 rings (SSSR count). The molecule has 2 heterocycles. The number of hydrogen-bond acceptors (Lipinski definition) is 1. The van der Waals surface area contributed by atoms with Gasteiger partial charge in [0, 0.05) is 47.2 Å². The molecular weight excluding hydrogens is 348 g/mol. The van der Waals surface area contributed by atoms with E-state index in [4.69, 9.17) is 0 Å². The molecule has 0 fully saturated rings. The van der Waals surface area contributed by atoms with Gasteiger partial charge in [-0.05, 0) is 30.3 Å². The summed E-state index contributed by atoms with van der Waals surface area (Å²) >= 11 is 1.61. The van der Waals surface area contributed by atoms with Gasteiger partial charge in [-0.3, -0.25) is 0 Å².